The molecule has 0 radical (unpaired) electrons. The van der Waals surface area contributed by atoms with Crippen molar-refractivity contribution in [3.63, 3.8) is 0 Å². The van der Waals surface area contributed by atoms with Crippen LogP contribution in [0.4, 0.5) is 0 Å². The lowest BCUT2D eigenvalue weighted by atomic mass is 10.1. The number of hydrogen-bond acceptors (Lipinski definition) is 1. The topological polar surface area (TPSA) is 17.1 Å². The molecule has 0 N–H and O–H groups in total. The molecule has 0 aliphatic heterocycles. The van der Waals surface area contributed by atoms with E-state index >= 15 is 0 Å². The first kappa shape index (κ1) is 14.4. The van der Waals surface area contributed by atoms with E-state index in [4.69, 9.17) is 0 Å². The van der Waals surface area contributed by atoms with Gasteiger partial charge < -0.3 is 4.57 Å². The SMILES string of the molecule is O=P(/C=C/C1CCCC1)(c1ccccc1)c1ccccc1. The summed E-state index contributed by atoms with van der Waals surface area (Å²) in [5, 5.41) is 1.84. The van der Waals surface area contributed by atoms with Gasteiger partial charge >= 0.3 is 0 Å². The van der Waals surface area contributed by atoms with Gasteiger partial charge in [-0.1, -0.05) is 79.6 Å². The number of rotatable bonds is 4. The van der Waals surface area contributed by atoms with Crippen LogP contribution in [-0.2, 0) is 4.57 Å². The monoisotopic (exact) mass is 296 g/mol. The summed E-state index contributed by atoms with van der Waals surface area (Å²) in [6, 6.07) is 19.7. The number of hydrogen-bond donors (Lipinski definition) is 0. The molecular formula is C19H21OP. The van der Waals surface area contributed by atoms with Crippen LogP contribution in [0.2, 0.25) is 0 Å². The highest BCUT2D eigenvalue weighted by Gasteiger charge is 2.24. The Bertz CT molecular complexity index is 596. The molecule has 0 saturated heterocycles. The van der Waals surface area contributed by atoms with Gasteiger partial charge in [0.25, 0.3) is 0 Å². The predicted octanol–water partition coefficient (Wildman–Crippen LogP) is 4.70. The van der Waals surface area contributed by atoms with Gasteiger partial charge in [0.2, 0.25) is 0 Å². The quantitative estimate of drug-likeness (QED) is 0.747. The van der Waals surface area contributed by atoms with Gasteiger partial charge in [0.15, 0.2) is 7.14 Å². The molecule has 108 valence electrons. The molecule has 1 aliphatic carbocycles. The molecule has 0 atom stereocenters. The summed E-state index contributed by atoms with van der Waals surface area (Å²) >= 11 is 0. The van der Waals surface area contributed by atoms with Crippen molar-refractivity contribution in [2.75, 3.05) is 0 Å². The van der Waals surface area contributed by atoms with E-state index in [0.29, 0.717) is 5.92 Å². The fraction of sp³-hybridized carbons (Fsp3) is 0.263. The summed E-state index contributed by atoms with van der Waals surface area (Å²) in [4.78, 5) is 0. The summed E-state index contributed by atoms with van der Waals surface area (Å²) in [6.07, 6.45) is 7.28. The van der Waals surface area contributed by atoms with E-state index in [2.05, 4.69) is 6.08 Å². The van der Waals surface area contributed by atoms with Gasteiger partial charge in [-0.3, -0.25) is 0 Å². The third-order valence-corrected chi connectivity index (χ3v) is 6.97. The summed E-state index contributed by atoms with van der Waals surface area (Å²) in [7, 11) is -2.66. The third kappa shape index (κ3) is 3.19. The number of benzene rings is 2. The summed E-state index contributed by atoms with van der Waals surface area (Å²) in [5.74, 6) is 2.60. The lowest BCUT2D eigenvalue weighted by Gasteiger charge is -2.16. The predicted molar refractivity (Wildman–Crippen MR) is 90.9 cm³/mol. The van der Waals surface area contributed by atoms with Gasteiger partial charge in [-0.25, -0.2) is 0 Å². The Balaban J connectivity index is 2.01. The van der Waals surface area contributed by atoms with E-state index in [1.807, 2.05) is 66.5 Å². The molecule has 0 amide bonds. The van der Waals surface area contributed by atoms with Crippen molar-refractivity contribution in [3.05, 3.63) is 72.6 Å². The van der Waals surface area contributed by atoms with Crippen molar-refractivity contribution in [1.29, 1.82) is 0 Å². The molecule has 2 aromatic carbocycles. The Hall–Kier alpha value is -1.59. The molecule has 1 aliphatic rings. The average molecular weight is 296 g/mol. The second-order valence-electron chi connectivity index (χ2n) is 5.72. The van der Waals surface area contributed by atoms with Crippen LogP contribution in [-0.4, -0.2) is 0 Å². The van der Waals surface area contributed by atoms with E-state index < -0.39 is 7.14 Å². The highest BCUT2D eigenvalue weighted by atomic mass is 31.2. The van der Waals surface area contributed by atoms with Gasteiger partial charge in [-0.05, 0) is 24.6 Å². The van der Waals surface area contributed by atoms with Crippen molar-refractivity contribution >= 4 is 17.8 Å². The smallest absolute Gasteiger partial charge is 0.163 e. The molecule has 0 unspecified atom stereocenters. The zero-order valence-electron chi connectivity index (χ0n) is 12.2. The van der Waals surface area contributed by atoms with Crippen LogP contribution < -0.4 is 10.6 Å². The highest BCUT2D eigenvalue weighted by Crippen LogP contribution is 2.45. The summed E-state index contributed by atoms with van der Waals surface area (Å²) < 4.78 is 13.7. The van der Waals surface area contributed by atoms with Crippen LogP contribution >= 0.6 is 7.14 Å². The van der Waals surface area contributed by atoms with Crippen molar-refractivity contribution in [3.8, 4) is 0 Å². The Morgan fingerprint density at radius 2 is 1.29 bits per heavy atom. The Morgan fingerprint density at radius 3 is 1.76 bits per heavy atom. The first-order valence-corrected chi connectivity index (χ1v) is 9.47. The molecule has 21 heavy (non-hydrogen) atoms. The molecule has 1 fully saturated rings. The molecule has 2 heteroatoms. The van der Waals surface area contributed by atoms with Crippen LogP contribution in [0.5, 0.6) is 0 Å². The van der Waals surface area contributed by atoms with Gasteiger partial charge in [0.05, 0.1) is 0 Å². The maximum atomic E-state index is 13.7. The van der Waals surface area contributed by atoms with E-state index in [1.54, 1.807) is 0 Å². The lowest BCUT2D eigenvalue weighted by molar-refractivity contribution is 0.591. The van der Waals surface area contributed by atoms with Crippen LogP contribution in [0.15, 0.2) is 72.6 Å². The third-order valence-electron chi connectivity index (χ3n) is 4.25. The molecule has 0 spiro atoms. The standard InChI is InChI=1S/C19H21OP/c20-21(18-11-3-1-4-12-18,19-13-5-2-6-14-19)16-15-17-9-7-8-10-17/h1-6,11-17H,7-10H2/b16-15+. The largest absolute Gasteiger partial charge is 0.309 e. The molecule has 2 aromatic rings. The highest BCUT2D eigenvalue weighted by molar-refractivity contribution is 7.81. The zero-order valence-corrected chi connectivity index (χ0v) is 13.1. The van der Waals surface area contributed by atoms with Crippen molar-refractivity contribution in [1.82, 2.24) is 0 Å². The molecule has 0 aromatic heterocycles. The van der Waals surface area contributed by atoms with Crippen LogP contribution in [0.3, 0.4) is 0 Å². The number of allylic oxidation sites excluding steroid dienone is 1. The van der Waals surface area contributed by atoms with E-state index in [1.165, 1.54) is 25.7 Å². The van der Waals surface area contributed by atoms with E-state index in [9.17, 15) is 4.57 Å². The fourth-order valence-corrected chi connectivity index (χ4v) is 5.37. The Morgan fingerprint density at radius 1 is 0.810 bits per heavy atom. The molecule has 1 saturated carbocycles. The Labute approximate surface area is 127 Å². The normalized spacial score (nSPS) is 16.6. The maximum absolute atomic E-state index is 13.7. The lowest BCUT2D eigenvalue weighted by Crippen LogP contribution is -2.14. The molecule has 0 bridgehead atoms. The minimum Gasteiger partial charge on any atom is -0.309 e. The molecule has 1 nitrogen and oxygen atoms in total. The van der Waals surface area contributed by atoms with Crippen LogP contribution in [0.25, 0.3) is 0 Å². The zero-order chi connectivity index (χ0) is 14.5. The first-order chi connectivity index (χ1) is 10.3. The van der Waals surface area contributed by atoms with Gasteiger partial charge in [-0.15, -0.1) is 0 Å². The molecular weight excluding hydrogens is 275 g/mol. The molecule has 0 heterocycles. The first-order valence-electron chi connectivity index (χ1n) is 7.69. The fourth-order valence-electron chi connectivity index (χ4n) is 3.01. The second-order valence-corrected chi connectivity index (χ2v) is 8.36. The maximum Gasteiger partial charge on any atom is 0.163 e. The van der Waals surface area contributed by atoms with Gasteiger partial charge in [0.1, 0.15) is 0 Å². The summed E-state index contributed by atoms with van der Waals surface area (Å²) in [5.41, 5.74) is 0. The summed E-state index contributed by atoms with van der Waals surface area (Å²) in [6.45, 7) is 0. The van der Waals surface area contributed by atoms with Gasteiger partial charge in [-0.2, -0.15) is 0 Å². The van der Waals surface area contributed by atoms with Crippen LogP contribution in [0, 0.1) is 5.92 Å². The van der Waals surface area contributed by atoms with Gasteiger partial charge in [0, 0.05) is 10.6 Å². The Kier molecular flexibility index (Phi) is 4.41. The van der Waals surface area contributed by atoms with E-state index in [0.717, 1.165) is 10.6 Å². The molecule has 3 rings (SSSR count). The van der Waals surface area contributed by atoms with E-state index in [-0.39, 0.29) is 0 Å². The minimum atomic E-state index is -2.66. The van der Waals surface area contributed by atoms with Crippen molar-refractivity contribution in [2.45, 2.75) is 25.7 Å². The minimum absolute atomic E-state index is 0.603. The average Bonchev–Trinajstić information content (AvgIpc) is 3.08. The second kappa shape index (κ2) is 6.45. The van der Waals surface area contributed by atoms with Crippen molar-refractivity contribution < 1.29 is 4.57 Å². The van der Waals surface area contributed by atoms with Crippen molar-refractivity contribution in [2.24, 2.45) is 5.92 Å². The van der Waals surface area contributed by atoms with Crippen LogP contribution in [0.1, 0.15) is 25.7 Å².